The Morgan fingerprint density at radius 1 is 1.04 bits per heavy atom. The molecule has 1 aliphatic rings. The highest BCUT2D eigenvalue weighted by Gasteiger charge is 2.22. The molecule has 1 heterocycles. The molecule has 6 heteroatoms. The van der Waals surface area contributed by atoms with Crippen molar-refractivity contribution in [3.63, 3.8) is 0 Å². The Morgan fingerprint density at radius 2 is 1.69 bits per heavy atom. The molecule has 1 saturated heterocycles. The SMILES string of the molecule is O=C(NC[C@H]1C[C@H](Cc2ccc(F)cc2)CCN1)Nc1ccc(F)cc1. The molecular formula is C20H23F2N3O. The molecule has 0 saturated carbocycles. The zero-order valence-electron chi connectivity index (χ0n) is 14.5. The maximum atomic E-state index is 13.0. The van der Waals surface area contributed by atoms with Crippen LogP contribution in [0.2, 0.25) is 0 Å². The molecule has 1 aliphatic heterocycles. The molecular weight excluding hydrogens is 336 g/mol. The predicted molar refractivity (Wildman–Crippen MR) is 98.0 cm³/mol. The molecule has 1 fully saturated rings. The number of urea groups is 1. The van der Waals surface area contributed by atoms with Crippen LogP contribution in [0.15, 0.2) is 48.5 Å². The van der Waals surface area contributed by atoms with Gasteiger partial charge in [-0.3, -0.25) is 0 Å². The van der Waals surface area contributed by atoms with Crippen LogP contribution in [0.3, 0.4) is 0 Å². The van der Waals surface area contributed by atoms with Gasteiger partial charge in [0.05, 0.1) is 0 Å². The Bertz CT molecular complexity index is 719. The van der Waals surface area contributed by atoms with E-state index in [0.717, 1.165) is 31.4 Å². The minimum atomic E-state index is -0.338. The van der Waals surface area contributed by atoms with E-state index in [2.05, 4.69) is 16.0 Å². The fourth-order valence-electron chi connectivity index (χ4n) is 3.31. The molecule has 26 heavy (non-hydrogen) atoms. The summed E-state index contributed by atoms with van der Waals surface area (Å²) in [5.74, 6) is -0.0449. The third kappa shape index (κ3) is 5.52. The van der Waals surface area contributed by atoms with Crippen LogP contribution in [0.1, 0.15) is 18.4 Å². The zero-order chi connectivity index (χ0) is 18.4. The molecule has 138 valence electrons. The number of anilines is 1. The van der Waals surface area contributed by atoms with E-state index in [-0.39, 0.29) is 23.7 Å². The highest BCUT2D eigenvalue weighted by Crippen LogP contribution is 2.21. The summed E-state index contributed by atoms with van der Waals surface area (Å²) in [7, 11) is 0. The molecule has 0 unspecified atom stereocenters. The smallest absolute Gasteiger partial charge is 0.319 e. The number of carbonyl (C=O) groups excluding carboxylic acids is 1. The van der Waals surface area contributed by atoms with Crippen molar-refractivity contribution >= 4 is 11.7 Å². The van der Waals surface area contributed by atoms with E-state index in [1.807, 2.05) is 12.1 Å². The van der Waals surface area contributed by atoms with E-state index in [1.165, 1.54) is 36.4 Å². The number of piperidine rings is 1. The van der Waals surface area contributed by atoms with Gasteiger partial charge in [0, 0.05) is 18.3 Å². The fourth-order valence-corrected chi connectivity index (χ4v) is 3.31. The van der Waals surface area contributed by atoms with Gasteiger partial charge in [0.1, 0.15) is 11.6 Å². The van der Waals surface area contributed by atoms with Crippen LogP contribution in [0.5, 0.6) is 0 Å². The number of rotatable bonds is 5. The molecule has 0 aliphatic carbocycles. The summed E-state index contributed by atoms with van der Waals surface area (Å²) in [6.07, 6.45) is 2.93. The lowest BCUT2D eigenvalue weighted by Crippen LogP contribution is -2.47. The van der Waals surface area contributed by atoms with Crippen molar-refractivity contribution in [2.45, 2.75) is 25.3 Å². The Morgan fingerprint density at radius 3 is 2.38 bits per heavy atom. The molecule has 2 aromatic rings. The Labute approximate surface area is 152 Å². The Balaban J connectivity index is 1.43. The van der Waals surface area contributed by atoms with E-state index in [4.69, 9.17) is 0 Å². The molecule has 0 bridgehead atoms. The van der Waals surface area contributed by atoms with Crippen molar-refractivity contribution in [3.8, 4) is 0 Å². The lowest BCUT2D eigenvalue weighted by atomic mass is 9.87. The first kappa shape index (κ1) is 18.3. The first-order chi connectivity index (χ1) is 12.6. The second-order valence-corrected chi connectivity index (χ2v) is 6.71. The number of hydrogen-bond acceptors (Lipinski definition) is 2. The zero-order valence-corrected chi connectivity index (χ0v) is 14.5. The molecule has 3 rings (SSSR count). The maximum absolute atomic E-state index is 13.0. The van der Waals surface area contributed by atoms with Crippen molar-refractivity contribution in [2.75, 3.05) is 18.4 Å². The van der Waals surface area contributed by atoms with Gasteiger partial charge in [0.25, 0.3) is 0 Å². The maximum Gasteiger partial charge on any atom is 0.319 e. The van der Waals surface area contributed by atoms with Crippen LogP contribution in [-0.4, -0.2) is 25.2 Å². The minimum absolute atomic E-state index is 0.202. The summed E-state index contributed by atoms with van der Waals surface area (Å²) >= 11 is 0. The van der Waals surface area contributed by atoms with Gasteiger partial charge in [0.15, 0.2) is 0 Å². The number of nitrogens with one attached hydrogen (secondary N) is 3. The molecule has 0 aromatic heterocycles. The number of hydrogen-bond donors (Lipinski definition) is 3. The quantitative estimate of drug-likeness (QED) is 0.762. The average Bonchev–Trinajstić information content (AvgIpc) is 2.64. The van der Waals surface area contributed by atoms with Gasteiger partial charge in [0.2, 0.25) is 0 Å². The highest BCUT2D eigenvalue weighted by atomic mass is 19.1. The second-order valence-electron chi connectivity index (χ2n) is 6.71. The van der Waals surface area contributed by atoms with Gasteiger partial charge in [-0.1, -0.05) is 12.1 Å². The van der Waals surface area contributed by atoms with Crippen molar-refractivity contribution in [1.29, 1.82) is 0 Å². The molecule has 0 radical (unpaired) electrons. The van der Waals surface area contributed by atoms with Gasteiger partial charge in [-0.05, 0) is 73.7 Å². The van der Waals surface area contributed by atoms with Gasteiger partial charge >= 0.3 is 6.03 Å². The van der Waals surface area contributed by atoms with Crippen LogP contribution in [0, 0.1) is 17.6 Å². The highest BCUT2D eigenvalue weighted by molar-refractivity contribution is 5.89. The van der Waals surface area contributed by atoms with Gasteiger partial charge in [-0.2, -0.15) is 0 Å². The van der Waals surface area contributed by atoms with Crippen molar-refractivity contribution in [1.82, 2.24) is 10.6 Å². The van der Waals surface area contributed by atoms with E-state index in [1.54, 1.807) is 0 Å². The molecule has 2 aromatic carbocycles. The first-order valence-corrected chi connectivity index (χ1v) is 8.87. The van der Waals surface area contributed by atoms with E-state index in [0.29, 0.717) is 18.2 Å². The largest absolute Gasteiger partial charge is 0.336 e. The normalized spacial score (nSPS) is 19.8. The van der Waals surface area contributed by atoms with E-state index < -0.39 is 0 Å². The Kier molecular flexibility index (Phi) is 6.17. The number of carbonyl (C=O) groups is 1. The lowest BCUT2D eigenvalue weighted by Gasteiger charge is -2.30. The summed E-state index contributed by atoms with van der Waals surface area (Å²) in [5.41, 5.74) is 1.69. The van der Waals surface area contributed by atoms with Gasteiger partial charge in [-0.15, -0.1) is 0 Å². The molecule has 4 nitrogen and oxygen atoms in total. The molecule has 2 amide bonds. The van der Waals surface area contributed by atoms with Crippen LogP contribution >= 0.6 is 0 Å². The summed E-state index contributed by atoms with van der Waals surface area (Å²) in [5, 5.41) is 8.96. The van der Waals surface area contributed by atoms with Crippen LogP contribution < -0.4 is 16.0 Å². The van der Waals surface area contributed by atoms with Crippen LogP contribution in [0.4, 0.5) is 19.3 Å². The summed E-state index contributed by atoms with van der Waals surface area (Å²) in [6.45, 7) is 1.42. The summed E-state index contributed by atoms with van der Waals surface area (Å²) < 4.78 is 25.9. The van der Waals surface area contributed by atoms with Crippen LogP contribution in [0.25, 0.3) is 0 Å². The lowest BCUT2D eigenvalue weighted by molar-refractivity contribution is 0.246. The third-order valence-electron chi connectivity index (χ3n) is 4.65. The first-order valence-electron chi connectivity index (χ1n) is 8.87. The number of benzene rings is 2. The Hall–Kier alpha value is -2.47. The molecule has 3 N–H and O–H groups in total. The van der Waals surface area contributed by atoms with Gasteiger partial charge in [-0.25, -0.2) is 13.6 Å². The van der Waals surface area contributed by atoms with E-state index >= 15 is 0 Å². The third-order valence-corrected chi connectivity index (χ3v) is 4.65. The summed E-state index contributed by atoms with van der Waals surface area (Å²) in [6, 6.07) is 12.2. The average molecular weight is 359 g/mol. The van der Waals surface area contributed by atoms with Gasteiger partial charge < -0.3 is 16.0 Å². The van der Waals surface area contributed by atoms with E-state index in [9.17, 15) is 13.6 Å². The fraction of sp³-hybridized carbons (Fsp3) is 0.350. The second kappa shape index (κ2) is 8.76. The minimum Gasteiger partial charge on any atom is -0.336 e. The van der Waals surface area contributed by atoms with Crippen molar-refractivity contribution in [3.05, 3.63) is 65.7 Å². The monoisotopic (exact) mass is 359 g/mol. The molecule has 2 atom stereocenters. The summed E-state index contributed by atoms with van der Waals surface area (Å²) in [4.78, 5) is 12.0. The number of halogens is 2. The standard InChI is InChI=1S/C20H23F2N3O/c21-16-3-1-14(2-4-16)11-15-9-10-23-19(12-15)13-24-20(26)25-18-7-5-17(22)6-8-18/h1-8,15,19,23H,9-13H2,(H2,24,25,26)/t15-,19+/m0/s1. The topological polar surface area (TPSA) is 53.2 Å². The molecule has 0 spiro atoms. The predicted octanol–water partition coefficient (Wildman–Crippen LogP) is 3.70. The van der Waals surface area contributed by atoms with Crippen molar-refractivity contribution in [2.24, 2.45) is 5.92 Å². The van der Waals surface area contributed by atoms with Crippen molar-refractivity contribution < 1.29 is 13.6 Å². The number of amides is 2. The van der Waals surface area contributed by atoms with Crippen LogP contribution in [-0.2, 0) is 6.42 Å².